The van der Waals surface area contributed by atoms with Gasteiger partial charge >= 0.3 is 0 Å². The Morgan fingerprint density at radius 3 is 1.18 bits per heavy atom. The number of hydrogen-bond acceptors (Lipinski definition) is 22. The molecule has 0 saturated heterocycles. The molecule has 328 valence electrons. The Morgan fingerprint density at radius 2 is 0.900 bits per heavy atom. The molecule has 8 N–H and O–H groups in total. The highest BCUT2D eigenvalue weighted by Gasteiger charge is 2.22. The average Bonchev–Trinajstić information content (AvgIpc) is 3.13. The minimum Gasteiger partial charge on any atom is -0.391 e. The van der Waals surface area contributed by atoms with Crippen molar-refractivity contribution < 1.29 is 65.7 Å². The number of aliphatic hydroxyl groups is 4. The number of rotatable bonds is 22. The number of nitrogens with one attached hydrogen (secondary N) is 2. The SMILES string of the molecule is CC(O)CON(OCC(C)O)c1nc(Cl)nc(Nc2ccc(C=Cc3ccc(Nc4nc(Cl)nc(N(OCC(C)O)OCC(C)O)n4)cc3S(=O)(=O)O)c(S(=O)(=O)O)c2)n1. The Labute approximate surface area is 352 Å². The van der Waals surface area contributed by atoms with E-state index in [0.717, 1.165) is 24.3 Å². The highest BCUT2D eigenvalue weighted by molar-refractivity contribution is 7.86. The second-order valence-electron chi connectivity index (χ2n) is 12.6. The summed E-state index contributed by atoms with van der Waals surface area (Å²) < 4.78 is 70.4. The van der Waals surface area contributed by atoms with Gasteiger partial charge in [-0.1, -0.05) is 34.7 Å². The number of nitrogens with zero attached hydrogens (tertiary/aromatic N) is 8. The fourth-order valence-electron chi connectivity index (χ4n) is 4.35. The van der Waals surface area contributed by atoms with Gasteiger partial charge in [-0.3, -0.25) is 9.11 Å². The molecule has 2 aromatic heterocycles. The molecule has 0 bridgehead atoms. The summed E-state index contributed by atoms with van der Waals surface area (Å²) in [5.41, 5.74) is -0.232. The van der Waals surface area contributed by atoms with Gasteiger partial charge in [0, 0.05) is 11.4 Å². The lowest BCUT2D eigenvalue weighted by Crippen LogP contribution is -2.32. The van der Waals surface area contributed by atoms with Crippen LogP contribution in [0.2, 0.25) is 10.6 Å². The molecule has 60 heavy (non-hydrogen) atoms. The molecule has 0 spiro atoms. The van der Waals surface area contributed by atoms with Crippen molar-refractivity contribution in [2.24, 2.45) is 0 Å². The van der Waals surface area contributed by atoms with E-state index in [9.17, 15) is 46.4 Å². The van der Waals surface area contributed by atoms with Crippen molar-refractivity contribution in [3.05, 3.63) is 58.1 Å². The predicted molar refractivity (Wildman–Crippen MR) is 213 cm³/mol. The van der Waals surface area contributed by atoms with E-state index in [-0.39, 0.29) is 83.3 Å². The van der Waals surface area contributed by atoms with Crippen LogP contribution in [0.25, 0.3) is 12.2 Å². The van der Waals surface area contributed by atoms with Gasteiger partial charge in [0.15, 0.2) is 0 Å². The van der Waals surface area contributed by atoms with Crippen LogP contribution in [0.3, 0.4) is 0 Å². The second kappa shape index (κ2) is 21.3. The van der Waals surface area contributed by atoms with Gasteiger partial charge in [0.1, 0.15) is 36.2 Å². The van der Waals surface area contributed by atoms with Gasteiger partial charge < -0.3 is 31.1 Å². The van der Waals surface area contributed by atoms with Crippen molar-refractivity contribution in [1.29, 1.82) is 0 Å². The van der Waals surface area contributed by atoms with E-state index in [4.69, 9.17) is 42.6 Å². The summed E-state index contributed by atoms with van der Waals surface area (Å²) in [4.78, 5) is 44.0. The standard InChI is InChI=1S/C32H40Cl2N10O14S2/c1-17(45)13-55-43(56-14-18(2)46)31-39-27(33)37-29(41-31)35-23-9-7-21(25(11-23)59(49,50)51)5-6-22-8-10-24(12-26(22)60(52,53)54)36-30-38-28(34)40-32(42-30)44(57-15-19(3)47)58-16-20(4)48/h5-12,17-20,45-48H,13-16H2,1-4H3,(H,49,50,51)(H,52,53,54)(H,35,37,39,41)(H,36,38,40,42). The fraction of sp³-hybridized carbons (Fsp3) is 0.375. The number of benzene rings is 2. The van der Waals surface area contributed by atoms with Gasteiger partial charge in [-0.2, -0.15) is 46.7 Å². The summed E-state index contributed by atoms with van der Waals surface area (Å²) in [6.45, 7) is 4.67. The minimum atomic E-state index is -4.94. The van der Waals surface area contributed by atoms with Crippen LogP contribution < -0.4 is 21.1 Å². The largest absolute Gasteiger partial charge is 0.391 e. The maximum Gasteiger partial charge on any atom is 0.295 e. The average molecular weight is 924 g/mol. The number of hydrogen-bond donors (Lipinski definition) is 8. The summed E-state index contributed by atoms with van der Waals surface area (Å²) in [5, 5.41) is 44.6. The molecule has 0 fully saturated rings. The molecule has 0 saturated carbocycles. The molecule has 0 amide bonds. The monoisotopic (exact) mass is 922 g/mol. The first-order valence-electron chi connectivity index (χ1n) is 17.2. The molecule has 24 nitrogen and oxygen atoms in total. The third-order valence-corrected chi connectivity index (χ3v) is 8.95. The zero-order chi connectivity index (χ0) is 44.4. The predicted octanol–water partition coefficient (Wildman–Crippen LogP) is 2.38. The normalized spacial score (nSPS) is 14.1. The fourth-order valence-corrected chi connectivity index (χ4v) is 6.08. The van der Waals surface area contributed by atoms with Crippen LogP contribution in [0.4, 0.5) is 35.2 Å². The molecule has 0 aliphatic carbocycles. The van der Waals surface area contributed by atoms with E-state index < -0.39 is 54.4 Å². The number of halogens is 2. The Morgan fingerprint density at radius 1 is 0.583 bits per heavy atom. The van der Waals surface area contributed by atoms with E-state index >= 15 is 0 Å². The number of aliphatic hydroxyl groups excluding tert-OH is 4. The summed E-state index contributed by atoms with van der Waals surface area (Å²) in [6, 6.07) is 7.23. The zero-order valence-electron chi connectivity index (χ0n) is 31.9. The number of anilines is 6. The molecule has 0 aliphatic rings. The molecule has 4 aromatic rings. The zero-order valence-corrected chi connectivity index (χ0v) is 35.0. The minimum absolute atomic E-state index is 0.0112. The lowest BCUT2D eigenvalue weighted by Gasteiger charge is -2.22. The summed E-state index contributed by atoms with van der Waals surface area (Å²) in [5.74, 6) is -1.16. The highest BCUT2D eigenvalue weighted by atomic mass is 35.5. The highest BCUT2D eigenvalue weighted by Crippen LogP contribution is 2.29. The molecule has 4 atom stereocenters. The summed E-state index contributed by atoms with van der Waals surface area (Å²) in [6.07, 6.45) is -1.43. The van der Waals surface area contributed by atoms with Gasteiger partial charge in [-0.15, -0.1) is 0 Å². The van der Waals surface area contributed by atoms with E-state index in [2.05, 4.69) is 40.5 Å². The molecule has 4 unspecified atom stereocenters. The Balaban J connectivity index is 1.63. The molecular formula is C32H40Cl2N10O14S2. The Hall–Kier alpha value is -4.52. The molecule has 0 aliphatic heterocycles. The van der Waals surface area contributed by atoms with E-state index in [1.165, 1.54) is 52.0 Å². The first kappa shape index (κ1) is 48.1. The second-order valence-corrected chi connectivity index (χ2v) is 16.0. The molecule has 2 aromatic carbocycles. The first-order valence-corrected chi connectivity index (χ1v) is 20.8. The van der Waals surface area contributed by atoms with Crippen molar-refractivity contribution in [2.75, 3.05) is 47.5 Å². The molecule has 28 heteroatoms. The third kappa shape index (κ3) is 15.2. The van der Waals surface area contributed by atoms with Crippen LogP contribution in [-0.2, 0) is 39.6 Å². The van der Waals surface area contributed by atoms with E-state index in [1.54, 1.807) is 0 Å². The molecule has 0 radical (unpaired) electrons. The third-order valence-electron chi connectivity index (χ3n) is 6.79. The van der Waals surface area contributed by atoms with Gasteiger partial charge in [0.2, 0.25) is 22.5 Å². The van der Waals surface area contributed by atoms with Crippen LogP contribution in [0.5, 0.6) is 0 Å². The van der Waals surface area contributed by atoms with Crippen LogP contribution in [0.15, 0.2) is 46.2 Å². The Kier molecular flexibility index (Phi) is 17.1. The van der Waals surface area contributed by atoms with Gasteiger partial charge in [0.05, 0.1) is 24.4 Å². The molecule has 4 rings (SSSR count). The Bertz CT molecular complexity index is 2160. The summed E-state index contributed by atoms with van der Waals surface area (Å²) >= 11 is 12.2. The van der Waals surface area contributed by atoms with E-state index in [0.29, 0.717) is 10.5 Å². The van der Waals surface area contributed by atoms with Crippen molar-refractivity contribution in [3.63, 3.8) is 0 Å². The smallest absolute Gasteiger partial charge is 0.295 e. The molecular weight excluding hydrogens is 883 g/mol. The number of aromatic nitrogens is 6. The van der Waals surface area contributed by atoms with Crippen molar-refractivity contribution in [3.8, 4) is 0 Å². The van der Waals surface area contributed by atoms with Crippen LogP contribution in [0, 0.1) is 0 Å². The lowest BCUT2D eigenvalue weighted by atomic mass is 10.1. The van der Waals surface area contributed by atoms with Crippen molar-refractivity contribution in [2.45, 2.75) is 61.9 Å². The van der Waals surface area contributed by atoms with Crippen LogP contribution in [-0.4, -0.2) is 127 Å². The molecule has 2 heterocycles. The van der Waals surface area contributed by atoms with E-state index in [1.807, 2.05) is 0 Å². The topological polar surface area (TPSA) is 334 Å². The van der Waals surface area contributed by atoms with Crippen molar-refractivity contribution >= 4 is 90.8 Å². The van der Waals surface area contributed by atoms with Crippen LogP contribution in [0.1, 0.15) is 38.8 Å². The van der Waals surface area contributed by atoms with Gasteiger partial charge in [-0.25, -0.2) is 19.4 Å². The van der Waals surface area contributed by atoms with Crippen LogP contribution >= 0.6 is 23.2 Å². The quantitative estimate of drug-likeness (QED) is 0.0319. The van der Waals surface area contributed by atoms with Gasteiger partial charge in [0.25, 0.3) is 32.1 Å². The van der Waals surface area contributed by atoms with Gasteiger partial charge in [-0.05, 0) is 86.3 Å². The summed E-state index contributed by atoms with van der Waals surface area (Å²) in [7, 11) is -9.88. The maximum atomic E-state index is 12.5. The lowest BCUT2D eigenvalue weighted by molar-refractivity contribution is -0.125. The first-order chi connectivity index (χ1) is 28.1. The van der Waals surface area contributed by atoms with Crippen molar-refractivity contribution in [1.82, 2.24) is 29.9 Å². The maximum absolute atomic E-state index is 12.5.